The lowest BCUT2D eigenvalue weighted by molar-refractivity contribution is -0.0515. The summed E-state index contributed by atoms with van der Waals surface area (Å²) in [5, 5.41) is 0.533. The van der Waals surface area contributed by atoms with Crippen LogP contribution in [0.15, 0.2) is 54.9 Å². The summed E-state index contributed by atoms with van der Waals surface area (Å²) >= 11 is 12.7. The SMILES string of the molecule is CN(Cc1ccc(NS(C)(=O)=O)cc1)C(=O)O[C@@H](Cc1c(Cl)cncc1Cl)c1ccc(OC(F)F)c(OCC2CC2)c1. The van der Waals surface area contributed by atoms with Crippen LogP contribution in [0.4, 0.5) is 19.3 Å². The van der Waals surface area contributed by atoms with Crippen molar-refractivity contribution in [1.29, 1.82) is 0 Å². The van der Waals surface area contributed by atoms with Gasteiger partial charge in [-0.15, -0.1) is 0 Å². The molecule has 1 amide bonds. The van der Waals surface area contributed by atoms with Crippen LogP contribution in [0.5, 0.6) is 11.5 Å². The lowest BCUT2D eigenvalue weighted by Crippen LogP contribution is -2.29. The number of benzene rings is 2. The molecule has 1 aromatic heterocycles. The number of ether oxygens (including phenoxy) is 3. The number of amides is 1. The average molecular weight is 645 g/mol. The number of nitrogens with one attached hydrogen (secondary N) is 1. The van der Waals surface area contributed by atoms with Crippen molar-refractivity contribution in [2.24, 2.45) is 5.92 Å². The molecule has 1 heterocycles. The summed E-state index contributed by atoms with van der Waals surface area (Å²) in [5.74, 6) is 0.315. The number of sulfonamides is 1. The Kier molecular flexibility index (Phi) is 10.3. The van der Waals surface area contributed by atoms with Gasteiger partial charge in [-0.25, -0.2) is 13.2 Å². The van der Waals surface area contributed by atoms with Crippen molar-refractivity contribution in [2.45, 2.75) is 38.5 Å². The Morgan fingerprint density at radius 2 is 1.76 bits per heavy atom. The lowest BCUT2D eigenvalue weighted by atomic mass is 10.0. The van der Waals surface area contributed by atoms with Crippen LogP contribution in [0.25, 0.3) is 0 Å². The van der Waals surface area contributed by atoms with Crippen LogP contribution in [0, 0.1) is 5.92 Å². The van der Waals surface area contributed by atoms with Gasteiger partial charge < -0.3 is 19.1 Å². The minimum atomic E-state index is -3.43. The van der Waals surface area contributed by atoms with Crippen LogP contribution in [-0.2, 0) is 27.7 Å². The van der Waals surface area contributed by atoms with E-state index in [2.05, 4.69) is 14.4 Å². The van der Waals surface area contributed by atoms with Gasteiger partial charge in [-0.1, -0.05) is 41.4 Å². The number of alkyl halides is 2. The standard InChI is InChI=1S/C28H29Cl2F2N3O6S/c1-35(15-17-5-8-20(9-6-17)34-42(2,37)38)28(36)41-25(12-21-22(29)13-33-14-23(21)30)19-7-10-24(40-27(31)32)26(11-19)39-16-18-3-4-18/h5-11,13-14,18,25,27,34H,3-4,12,15-16H2,1-2H3/t25-/m0/s1. The van der Waals surface area contributed by atoms with Crippen molar-refractivity contribution in [1.82, 2.24) is 9.88 Å². The molecule has 0 spiro atoms. The van der Waals surface area contributed by atoms with Gasteiger partial charge in [-0.05, 0) is 59.7 Å². The maximum atomic E-state index is 13.2. The van der Waals surface area contributed by atoms with Crippen molar-refractivity contribution < 1.29 is 36.2 Å². The summed E-state index contributed by atoms with van der Waals surface area (Å²) in [4.78, 5) is 18.5. The minimum absolute atomic E-state index is 0.0583. The number of anilines is 1. The molecule has 4 rings (SSSR count). The fraction of sp³-hybridized carbons (Fsp3) is 0.357. The van der Waals surface area contributed by atoms with Gasteiger partial charge in [-0.3, -0.25) is 9.71 Å². The van der Waals surface area contributed by atoms with Crippen molar-refractivity contribution >= 4 is 45.0 Å². The summed E-state index contributed by atoms with van der Waals surface area (Å²) in [6.45, 7) is -2.55. The molecule has 42 heavy (non-hydrogen) atoms. The van der Waals surface area contributed by atoms with Crippen LogP contribution in [0.2, 0.25) is 10.0 Å². The van der Waals surface area contributed by atoms with Gasteiger partial charge in [0.15, 0.2) is 11.5 Å². The topological polar surface area (TPSA) is 107 Å². The maximum Gasteiger partial charge on any atom is 0.410 e. The second-order valence-corrected chi connectivity index (χ2v) is 12.5. The molecule has 3 aromatic rings. The molecule has 0 radical (unpaired) electrons. The smallest absolute Gasteiger partial charge is 0.410 e. The second-order valence-electron chi connectivity index (χ2n) is 9.92. The Balaban J connectivity index is 1.57. The molecule has 2 aromatic carbocycles. The molecule has 1 saturated carbocycles. The molecule has 0 unspecified atom stereocenters. The third-order valence-corrected chi connectivity index (χ3v) is 7.56. The zero-order chi connectivity index (χ0) is 30.4. The number of halogens is 4. The van der Waals surface area contributed by atoms with Crippen LogP contribution >= 0.6 is 23.2 Å². The zero-order valence-electron chi connectivity index (χ0n) is 22.7. The molecule has 1 N–H and O–H groups in total. The van der Waals surface area contributed by atoms with Crippen LogP contribution in [-0.4, -0.2) is 50.9 Å². The highest BCUT2D eigenvalue weighted by molar-refractivity contribution is 7.92. The first-order valence-corrected chi connectivity index (χ1v) is 15.5. The molecular weight excluding hydrogens is 615 g/mol. The Labute approximate surface area is 252 Å². The number of pyridine rings is 1. The van der Waals surface area contributed by atoms with E-state index in [0.717, 1.165) is 24.7 Å². The van der Waals surface area contributed by atoms with Crippen LogP contribution < -0.4 is 14.2 Å². The van der Waals surface area contributed by atoms with Gasteiger partial charge in [0.2, 0.25) is 10.0 Å². The van der Waals surface area contributed by atoms with E-state index in [-0.39, 0.29) is 34.5 Å². The number of carbonyl (C=O) groups is 1. The average Bonchev–Trinajstić information content (AvgIpc) is 3.74. The van der Waals surface area contributed by atoms with E-state index in [4.69, 9.17) is 32.7 Å². The highest BCUT2D eigenvalue weighted by Gasteiger charge is 2.26. The molecule has 1 fully saturated rings. The third kappa shape index (κ3) is 9.33. The van der Waals surface area contributed by atoms with E-state index in [0.29, 0.717) is 29.3 Å². The van der Waals surface area contributed by atoms with Gasteiger partial charge in [0.25, 0.3) is 0 Å². The van der Waals surface area contributed by atoms with Crippen molar-refractivity contribution in [2.75, 3.05) is 24.6 Å². The number of carbonyl (C=O) groups excluding carboxylic acids is 1. The first-order chi connectivity index (χ1) is 19.9. The molecule has 226 valence electrons. The van der Waals surface area contributed by atoms with Gasteiger partial charge in [0.05, 0.1) is 22.9 Å². The fourth-order valence-electron chi connectivity index (χ4n) is 4.01. The first kappa shape index (κ1) is 31.6. The first-order valence-electron chi connectivity index (χ1n) is 12.9. The van der Waals surface area contributed by atoms with E-state index in [1.165, 1.54) is 42.5 Å². The fourth-order valence-corrected chi connectivity index (χ4v) is 5.09. The monoisotopic (exact) mass is 643 g/mol. The van der Waals surface area contributed by atoms with E-state index < -0.39 is 28.8 Å². The summed E-state index contributed by atoms with van der Waals surface area (Å²) < 4.78 is 67.8. The van der Waals surface area contributed by atoms with E-state index in [1.807, 2.05) is 0 Å². The molecule has 1 aliphatic rings. The molecule has 1 aliphatic carbocycles. The molecule has 9 nitrogen and oxygen atoms in total. The van der Waals surface area contributed by atoms with Crippen molar-refractivity contribution in [3.8, 4) is 11.5 Å². The van der Waals surface area contributed by atoms with E-state index in [1.54, 1.807) is 24.3 Å². The number of rotatable bonds is 13. The quantitative estimate of drug-likeness (QED) is 0.221. The molecule has 1 atom stereocenters. The molecule has 0 aliphatic heterocycles. The summed E-state index contributed by atoms with van der Waals surface area (Å²) in [6.07, 6.45) is 4.30. The lowest BCUT2D eigenvalue weighted by Gasteiger charge is -2.25. The zero-order valence-corrected chi connectivity index (χ0v) is 25.1. The maximum absolute atomic E-state index is 13.2. The highest BCUT2D eigenvalue weighted by Crippen LogP contribution is 2.38. The van der Waals surface area contributed by atoms with Crippen molar-refractivity contribution in [3.63, 3.8) is 0 Å². The molecule has 0 saturated heterocycles. The van der Waals surface area contributed by atoms with Gasteiger partial charge in [-0.2, -0.15) is 8.78 Å². The van der Waals surface area contributed by atoms with Crippen LogP contribution in [0.1, 0.15) is 35.6 Å². The second kappa shape index (κ2) is 13.7. The Morgan fingerprint density at radius 1 is 1.10 bits per heavy atom. The summed E-state index contributed by atoms with van der Waals surface area (Å²) in [5.41, 5.74) is 2.03. The van der Waals surface area contributed by atoms with Gasteiger partial charge in [0.1, 0.15) is 6.10 Å². The molecule has 14 heteroatoms. The number of nitrogens with zero attached hydrogens (tertiary/aromatic N) is 2. The summed E-state index contributed by atoms with van der Waals surface area (Å²) in [7, 11) is -1.89. The number of aromatic nitrogens is 1. The largest absolute Gasteiger partial charge is 0.489 e. The predicted molar refractivity (Wildman–Crippen MR) is 155 cm³/mol. The number of hydrogen-bond acceptors (Lipinski definition) is 7. The van der Waals surface area contributed by atoms with E-state index >= 15 is 0 Å². The Bertz CT molecular complexity index is 1490. The Morgan fingerprint density at radius 3 is 2.36 bits per heavy atom. The number of hydrogen-bond donors (Lipinski definition) is 1. The van der Waals surface area contributed by atoms with Gasteiger partial charge >= 0.3 is 12.7 Å². The van der Waals surface area contributed by atoms with Gasteiger partial charge in [0, 0.05) is 38.1 Å². The minimum Gasteiger partial charge on any atom is -0.489 e. The Hall–Kier alpha value is -3.35. The predicted octanol–water partition coefficient (Wildman–Crippen LogP) is 6.70. The van der Waals surface area contributed by atoms with Crippen molar-refractivity contribution in [3.05, 3.63) is 81.6 Å². The normalized spacial score (nSPS) is 13.9. The third-order valence-electron chi connectivity index (χ3n) is 6.30. The van der Waals surface area contributed by atoms with Crippen LogP contribution in [0.3, 0.4) is 0 Å². The summed E-state index contributed by atoms with van der Waals surface area (Å²) in [6, 6.07) is 10.9. The van der Waals surface area contributed by atoms with E-state index in [9.17, 15) is 22.0 Å². The highest BCUT2D eigenvalue weighted by atomic mass is 35.5. The molecule has 0 bridgehead atoms. The molecular formula is C28H29Cl2F2N3O6S.